The summed E-state index contributed by atoms with van der Waals surface area (Å²) in [7, 11) is -3.65. The van der Waals surface area contributed by atoms with Crippen LogP contribution in [-0.2, 0) is 14.8 Å². The van der Waals surface area contributed by atoms with Crippen LogP contribution in [0.25, 0.3) is 0 Å². The molecule has 0 saturated carbocycles. The monoisotopic (exact) mass is 435 g/mol. The Kier molecular flexibility index (Phi) is 6.65. The number of piperidine rings is 2. The van der Waals surface area contributed by atoms with E-state index < -0.39 is 10.0 Å². The molecule has 3 aliphatic rings. The summed E-state index contributed by atoms with van der Waals surface area (Å²) < 4.78 is 33.2. The minimum atomic E-state index is -3.65. The summed E-state index contributed by atoms with van der Waals surface area (Å²) in [6.07, 6.45) is 6.53. The van der Waals surface area contributed by atoms with Gasteiger partial charge in [-0.1, -0.05) is 0 Å². The highest BCUT2D eigenvalue weighted by molar-refractivity contribution is 7.89. The van der Waals surface area contributed by atoms with E-state index in [-0.39, 0.29) is 16.8 Å². The second-order valence-corrected chi connectivity index (χ2v) is 10.5. The Bertz CT molecular complexity index is 861. The lowest BCUT2D eigenvalue weighted by Crippen LogP contribution is -2.43. The first kappa shape index (κ1) is 21.6. The molecule has 1 aromatic carbocycles. The molecule has 0 N–H and O–H groups in total. The molecule has 4 rings (SSSR count). The summed E-state index contributed by atoms with van der Waals surface area (Å²) in [5, 5.41) is 0. The van der Waals surface area contributed by atoms with Crippen LogP contribution in [0, 0.1) is 0 Å². The van der Waals surface area contributed by atoms with Gasteiger partial charge in [-0.25, -0.2) is 8.42 Å². The number of sulfonamides is 1. The first-order chi connectivity index (χ1) is 14.5. The van der Waals surface area contributed by atoms with Crippen molar-refractivity contribution in [3.63, 3.8) is 0 Å². The predicted octanol–water partition coefficient (Wildman–Crippen LogP) is 2.71. The number of anilines is 1. The van der Waals surface area contributed by atoms with Crippen LogP contribution in [0.1, 0.15) is 55.8 Å². The average molecular weight is 436 g/mol. The molecule has 0 spiro atoms. The van der Waals surface area contributed by atoms with Crippen molar-refractivity contribution >= 4 is 21.6 Å². The minimum absolute atomic E-state index is 0.0400. The van der Waals surface area contributed by atoms with E-state index in [1.165, 1.54) is 10.7 Å². The van der Waals surface area contributed by atoms with Crippen molar-refractivity contribution < 1.29 is 17.9 Å². The lowest BCUT2D eigenvalue weighted by molar-refractivity contribution is 0.0635. The van der Waals surface area contributed by atoms with Gasteiger partial charge in [0.05, 0.1) is 23.7 Å². The van der Waals surface area contributed by atoms with E-state index in [2.05, 4.69) is 11.8 Å². The van der Waals surface area contributed by atoms with Gasteiger partial charge in [-0.3, -0.25) is 4.79 Å². The maximum absolute atomic E-state index is 13.6. The van der Waals surface area contributed by atoms with Crippen LogP contribution in [0.15, 0.2) is 23.1 Å². The van der Waals surface area contributed by atoms with Gasteiger partial charge in [0, 0.05) is 44.5 Å². The Hall–Kier alpha value is -1.64. The van der Waals surface area contributed by atoms with Gasteiger partial charge in [0.1, 0.15) is 0 Å². The molecule has 8 heteroatoms. The molecule has 1 amide bonds. The Morgan fingerprint density at radius 2 is 1.67 bits per heavy atom. The molecule has 1 atom stereocenters. The molecule has 1 aromatic rings. The van der Waals surface area contributed by atoms with E-state index in [1.54, 1.807) is 12.1 Å². The Labute approximate surface area is 180 Å². The van der Waals surface area contributed by atoms with Crippen molar-refractivity contribution in [3.05, 3.63) is 23.8 Å². The lowest BCUT2D eigenvalue weighted by Gasteiger charge is -2.36. The molecule has 0 aliphatic carbocycles. The highest BCUT2D eigenvalue weighted by Gasteiger charge is 2.31. The fraction of sp³-hybridized carbons (Fsp3) is 0.682. The van der Waals surface area contributed by atoms with Gasteiger partial charge in [-0.05, 0) is 63.6 Å². The maximum atomic E-state index is 13.6. The molecule has 7 nitrogen and oxygen atoms in total. The number of carbonyl (C=O) groups excluding carboxylic acids is 1. The van der Waals surface area contributed by atoms with Crippen LogP contribution in [0.3, 0.4) is 0 Å². The maximum Gasteiger partial charge on any atom is 0.256 e. The van der Waals surface area contributed by atoms with Crippen molar-refractivity contribution in [2.45, 2.75) is 56.4 Å². The van der Waals surface area contributed by atoms with Gasteiger partial charge in [-0.15, -0.1) is 0 Å². The van der Waals surface area contributed by atoms with E-state index >= 15 is 0 Å². The number of morpholine rings is 1. The number of rotatable bonds is 4. The second-order valence-electron chi connectivity index (χ2n) is 8.59. The zero-order chi connectivity index (χ0) is 21.1. The molecule has 0 bridgehead atoms. The predicted molar refractivity (Wildman–Crippen MR) is 116 cm³/mol. The number of hydrogen-bond donors (Lipinski definition) is 0. The molecule has 3 aliphatic heterocycles. The van der Waals surface area contributed by atoms with E-state index in [1.807, 2.05) is 11.0 Å². The molecule has 3 saturated heterocycles. The lowest BCUT2D eigenvalue weighted by atomic mass is 10.0. The van der Waals surface area contributed by atoms with Gasteiger partial charge in [0.25, 0.3) is 5.91 Å². The smallest absolute Gasteiger partial charge is 0.256 e. The number of amides is 1. The number of likely N-dealkylation sites (tertiary alicyclic amines) is 1. The molecule has 3 fully saturated rings. The topological polar surface area (TPSA) is 70.2 Å². The van der Waals surface area contributed by atoms with Crippen molar-refractivity contribution in [1.29, 1.82) is 0 Å². The Morgan fingerprint density at radius 3 is 2.37 bits per heavy atom. The Morgan fingerprint density at radius 1 is 0.967 bits per heavy atom. The highest BCUT2D eigenvalue weighted by Crippen LogP contribution is 2.31. The van der Waals surface area contributed by atoms with Crippen LogP contribution in [-0.4, -0.2) is 75.5 Å². The number of carbonyl (C=O) groups is 1. The van der Waals surface area contributed by atoms with E-state index in [9.17, 15) is 13.2 Å². The third-order valence-electron chi connectivity index (χ3n) is 6.57. The van der Waals surface area contributed by atoms with Gasteiger partial charge < -0.3 is 14.5 Å². The number of benzene rings is 1. The molecule has 3 heterocycles. The number of nitrogens with zero attached hydrogens (tertiary/aromatic N) is 3. The SMILES string of the molecule is CC1CCCCN1C(=O)c1cc(S(=O)(=O)N2CCOCC2)ccc1N1CCCCC1. The first-order valence-corrected chi connectivity index (χ1v) is 12.7. The van der Waals surface area contributed by atoms with Crippen LogP contribution < -0.4 is 4.90 Å². The summed E-state index contributed by atoms with van der Waals surface area (Å²) in [5.74, 6) is -0.0400. The molecular weight excluding hydrogens is 402 g/mol. The zero-order valence-corrected chi connectivity index (χ0v) is 18.7. The van der Waals surface area contributed by atoms with Crippen LogP contribution >= 0.6 is 0 Å². The van der Waals surface area contributed by atoms with Crippen LogP contribution in [0.4, 0.5) is 5.69 Å². The van der Waals surface area contributed by atoms with E-state index in [0.29, 0.717) is 31.9 Å². The van der Waals surface area contributed by atoms with Gasteiger partial charge in [0.2, 0.25) is 10.0 Å². The van der Waals surface area contributed by atoms with Gasteiger partial charge >= 0.3 is 0 Å². The standard InChI is InChI=1S/C22H33N3O4S/c1-18-7-3-6-12-25(18)22(26)20-17-19(30(27,28)24-13-15-29-16-14-24)8-9-21(20)23-10-4-2-5-11-23/h8-9,17-18H,2-7,10-16H2,1H3. The minimum Gasteiger partial charge on any atom is -0.379 e. The third kappa shape index (κ3) is 4.36. The zero-order valence-electron chi connectivity index (χ0n) is 17.9. The van der Waals surface area contributed by atoms with Crippen molar-refractivity contribution in [2.75, 3.05) is 50.8 Å². The summed E-state index contributed by atoms with van der Waals surface area (Å²) in [6, 6.07) is 5.32. The normalized spacial score (nSPS) is 24.1. The molecule has 0 radical (unpaired) electrons. The summed E-state index contributed by atoms with van der Waals surface area (Å²) in [5.41, 5.74) is 1.40. The second kappa shape index (κ2) is 9.24. The molecule has 30 heavy (non-hydrogen) atoms. The van der Waals surface area contributed by atoms with E-state index in [0.717, 1.165) is 57.4 Å². The number of ether oxygens (including phenoxy) is 1. The largest absolute Gasteiger partial charge is 0.379 e. The van der Waals surface area contributed by atoms with Crippen LogP contribution in [0.2, 0.25) is 0 Å². The molecular formula is C22H33N3O4S. The first-order valence-electron chi connectivity index (χ1n) is 11.3. The van der Waals surface area contributed by atoms with Crippen LogP contribution in [0.5, 0.6) is 0 Å². The van der Waals surface area contributed by atoms with Gasteiger partial charge in [0.15, 0.2) is 0 Å². The fourth-order valence-corrected chi connectivity index (χ4v) is 6.18. The molecule has 166 valence electrons. The number of hydrogen-bond acceptors (Lipinski definition) is 5. The quantitative estimate of drug-likeness (QED) is 0.727. The highest BCUT2D eigenvalue weighted by atomic mass is 32.2. The third-order valence-corrected chi connectivity index (χ3v) is 8.46. The van der Waals surface area contributed by atoms with Crippen molar-refractivity contribution in [2.24, 2.45) is 0 Å². The average Bonchev–Trinajstić information content (AvgIpc) is 2.80. The summed E-state index contributed by atoms with van der Waals surface area (Å²) >= 11 is 0. The van der Waals surface area contributed by atoms with Crippen molar-refractivity contribution in [1.82, 2.24) is 9.21 Å². The molecule has 1 unspecified atom stereocenters. The van der Waals surface area contributed by atoms with Gasteiger partial charge in [-0.2, -0.15) is 4.31 Å². The van der Waals surface area contributed by atoms with Crippen molar-refractivity contribution in [3.8, 4) is 0 Å². The summed E-state index contributed by atoms with van der Waals surface area (Å²) in [4.78, 5) is 18.0. The summed E-state index contributed by atoms with van der Waals surface area (Å²) in [6.45, 7) is 6.15. The molecule has 0 aromatic heterocycles. The fourth-order valence-electron chi connectivity index (χ4n) is 4.75. The van der Waals surface area contributed by atoms with E-state index in [4.69, 9.17) is 4.74 Å². The Balaban J connectivity index is 1.71.